The van der Waals surface area contributed by atoms with Crippen molar-refractivity contribution >= 4 is 23.9 Å². The minimum atomic E-state index is -0.444. The number of hydrogen-bond donors (Lipinski definition) is 1. The summed E-state index contributed by atoms with van der Waals surface area (Å²) in [5, 5.41) is 0.728. The lowest BCUT2D eigenvalue weighted by molar-refractivity contribution is 0.413. The maximum absolute atomic E-state index is 11.9. The van der Waals surface area contributed by atoms with Crippen LogP contribution in [0.25, 0.3) is 6.08 Å². The van der Waals surface area contributed by atoms with Gasteiger partial charge < -0.3 is 4.98 Å². The second-order valence-corrected chi connectivity index (χ2v) is 7.94. The molecule has 4 rings (SSSR count). The first-order valence-corrected chi connectivity index (χ1v) is 9.94. The molecular weight excluding hydrogens is 368 g/mol. The first-order chi connectivity index (χ1) is 13.5. The lowest BCUT2D eigenvalue weighted by atomic mass is 9.63. The number of nitrogens with one attached hydrogen (secondary N) is 1. The molecule has 0 saturated carbocycles. The maximum Gasteiger partial charge on any atom is 0.248 e. The van der Waals surface area contributed by atoms with Crippen molar-refractivity contribution in [3.63, 3.8) is 0 Å². The van der Waals surface area contributed by atoms with E-state index in [1.165, 1.54) is 11.1 Å². The largest absolute Gasteiger partial charge is 0.326 e. The van der Waals surface area contributed by atoms with Gasteiger partial charge in [-0.15, -0.1) is 0 Å². The second kappa shape index (κ2) is 7.40. The number of pyridine rings is 1. The number of fused-ring (bicyclic) bond motifs is 4. The van der Waals surface area contributed by atoms with Crippen molar-refractivity contribution in [1.29, 1.82) is 0 Å². The fraction of sp³-hybridized carbons (Fsp3) is 0.250. The number of aromatic amines is 1. The average Bonchev–Trinajstić information content (AvgIpc) is 2.66. The van der Waals surface area contributed by atoms with Crippen molar-refractivity contribution in [2.45, 2.75) is 32.2 Å². The van der Waals surface area contributed by atoms with Crippen molar-refractivity contribution < 1.29 is 0 Å². The summed E-state index contributed by atoms with van der Waals surface area (Å²) < 4.78 is 0. The van der Waals surface area contributed by atoms with Gasteiger partial charge in [0.2, 0.25) is 5.56 Å². The zero-order chi connectivity index (χ0) is 19.7. The van der Waals surface area contributed by atoms with Crippen molar-refractivity contribution in [1.82, 2.24) is 4.98 Å². The number of halogens is 1. The third kappa shape index (κ3) is 3.31. The van der Waals surface area contributed by atoms with Gasteiger partial charge in [0, 0.05) is 40.9 Å². The van der Waals surface area contributed by atoms with Gasteiger partial charge in [-0.05, 0) is 55.7 Å². The zero-order valence-electron chi connectivity index (χ0n) is 16.1. The van der Waals surface area contributed by atoms with Gasteiger partial charge in [-0.3, -0.25) is 9.79 Å². The number of allylic oxidation sites excluding steroid dienone is 3. The third-order valence-electron chi connectivity index (χ3n) is 5.62. The fourth-order valence-electron chi connectivity index (χ4n) is 4.55. The van der Waals surface area contributed by atoms with E-state index in [-0.39, 0.29) is 11.5 Å². The van der Waals surface area contributed by atoms with E-state index >= 15 is 0 Å². The molecule has 28 heavy (non-hydrogen) atoms. The Morgan fingerprint density at radius 2 is 2.00 bits per heavy atom. The fourth-order valence-corrected chi connectivity index (χ4v) is 4.68. The molecule has 0 amide bonds. The average molecular weight is 391 g/mol. The summed E-state index contributed by atoms with van der Waals surface area (Å²) >= 11 is 5.95. The van der Waals surface area contributed by atoms with Gasteiger partial charge in [0.25, 0.3) is 0 Å². The molecule has 1 aromatic heterocycles. The lowest BCUT2D eigenvalue weighted by Gasteiger charge is -2.45. The molecule has 2 aromatic rings. The van der Waals surface area contributed by atoms with Crippen LogP contribution in [0.5, 0.6) is 0 Å². The molecule has 0 radical (unpaired) electrons. The molecule has 2 aliphatic rings. The quantitative estimate of drug-likeness (QED) is 0.547. The molecular formula is C24H23ClN2O. The third-order valence-corrected chi connectivity index (χ3v) is 5.87. The zero-order valence-corrected chi connectivity index (χ0v) is 16.8. The maximum atomic E-state index is 11.9. The van der Waals surface area contributed by atoms with Gasteiger partial charge in [-0.1, -0.05) is 47.5 Å². The molecule has 1 N–H and O–H groups in total. The Morgan fingerprint density at radius 3 is 2.75 bits per heavy atom. The first kappa shape index (κ1) is 18.7. The Kier molecular flexibility index (Phi) is 4.94. The van der Waals surface area contributed by atoms with Crippen LogP contribution < -0.4 is 5.56 Å². The van der Waals surface area contributed by atoms with Crippen molar-refractivity contribution in [3.8, 4) is 0 Å². The molecule has 3 nitrogen and oxygen atoms in total. The van der Waals surface area contributed by atoms with Gasteiger partial charge >= 0.3 is 0 Å². The number of H-pyrrole nitrogens is 1. The van der Waals surface area contributed by atoms with E-state index in [0.29, 0.717) is 0 Å². The van der Waals surface area contributed by atoms with E-state index in [1.807, 2.05) is 48.7 Å². The molecule has 4 heteroatoms. The van der Waals surface area contributed by atoms with Crippen LogP contribution in [0.4, 0.5) is 0 Å². The van der Waals surface area contributed by atoms with E-state index in [0.717, 1.165) is 34.7 Å². The Bertz CT molecular complexity index is 1070. The highest BCUT2D eigenvalue weighted by Gasteiger charge is 2.46. The normalized spacial score (nSPS) is 25.3. The van der Waals surface area contributed by atoms with Crippen molar-refractivity contribution in [3.05, 3.63) is 98.0 Å². The van der Waals surface area contributed by atoms with Crippen LogP contribution in [0.3, 0.4) is 0 Å². The molecule has 0 fully saturated rings. The molecule has 2 bridgehead atoms. The summed E-state index contributed by atoms with van der Waals surface area (Å²) in [5.41, 5.74) is 5.35. The molecule has 1 heterocycles. The standard InChI is InChI=1S/C24H23ClN2O/c1-3-20-18-13-16(2)15-24(20,21-10-11-23(28)27-22(21)14-18)26-12-4-5-17-6-8-19(25)9-7-17/h3-13,18H,14-15H2,1-2H3,(H,27,28)/b5-4+,20-3+,26-12+/t18-,24+/m0/s1. The van der Waals surface area contributed by atoms with E-state index in [2.05, 4.69) is 31.0 Å². The van der Waals surface area contributed by atoms with Crippen LogP contribution in [0, 0.1) is 5.92 Å². The van der Waals surface area contributed by atoms with Crippen LogP contribution >= 0.6 is 11.6 Å². The molecule has 2 aliphatic carbocycles. The minimum Gasteiger partial charge on any atom is -0.326 e. The predicted molar refractivity (Wildman–Crippen MR) is 117 cm³/mol. The van der Waals surface area contributed by atoms with Crippen LogP contribution in [0.15, 0.2) is 75.6 Å². The predicted octanol–water partition coefficient (Wildman–Crippen LogP) is 5.48. The van der Waals surface area contributed by atoms with E-state index < -0.39 is 5.54 Å². The summed E-state index contributed by atoms with van der Waals surface area (Å²) in [6, 6.07) is 11.3. The van der Waals surface area contributed by atoms with Gasteiger partial charge in [0.15, 0.2) is 0 Å². The summed E-state index contributed by atoms with van der Waals surface area (Å²) in [6.45, 7) is 4.26. The molecule has 1 aromatic carbocycles. The molecule has 0 unspecified atom stereocenters. The Balaban J connectivity index is 1.76. The number of hydrogen-bond acceptors (Lipinski definition) is 2. The summed E-state index contributed by atoms with van der Waals surface area (Å²) in [5.74, 6) is 0.279. The monoisotopic (exact) mass is 390 g/mol. The van der Waals surface area contributed by atoms with Crippen LogP contribution in [0.2, 0.25) is 5.02 Å². The molecule has 142 valence electrons. The smallest absolute Gasteiger partial charge is 0.248 e. The SMILES string of the molecule is C/C=C1\[C@H]2C=C(C)C[C@]1(/N=C/C=C/c1ccc(Cl)cc1)c1ccc(=O)[nH]c1C2. The van der Waals surface area contributed by atoms with Crippen LogP contribution in [0.1, 0.15) is 37.1 Å². The summed E-state index contributed by atoms with van der Waals surface area (Å²) in [6.07, 6.45) is 12.0. The topological polar surface area (TPSA) is 45.2 Å². The second-order valence-electron chi connectivity index (χ2n) is 7.51. The van der Waals surface area contributed by atoms with Gasteiger partial charge in [-0.25, -0.2) is 0 Å². The number of benzene rings is 1. The van der Waals surface area contributed by atoms with Crippen molar-refractivity contribution in [2.75, 3.05) is 0 Å². The van der Waals surface area contributed by atoms with Crippen molar-refractivity contribution in [2.24, 2.45) is 10.9 Å². The van der Waals surface area contributed by atoms with Gasteiger partial charge in [0.1, 0.15) is 5.54 Å². The highest BCUT2D eigenvalue weighted by atomic mass is 35.5. The molecule has 0 saturated heterocycles. The summed E-state index contributed by atoms with van der Waals surface area (Å²) in [4.78, 5) is 20.0. The number of nitrogens with zero attached hydrogens (tertiary/aromatic N) is 1. The summed E-state index contributed by atoms with van der Waals surface area (Å²) in [7, 11) is 0. The number of aromatic nitrogens is 1. The van der Waals surface area contributed by atoms with E-state index in [9.17, 15) is 4.79 Å². The van der Waals surface area contributed by atoms with Gasteiger partial charge in [0.05, 0.1) is 0 Å². The highest BCUT2D eigenvalue weighted by Crippen LogP contribution is 2.51. The van der Waals surface area contributed by atoms with Gasteiger partial charge in [-0.2, -0.15) is 0 Å². The highest BCUT2D eigenvalue weighted by molar-refractivity contribution is 6.30. The Labute approximate surface area is 170 Å². The molecule has 2 atom stereocenters. The number of rotatable bonds is 3. The minimum absolute atomic E-state index is 0.0526. The van der Waals surface area contributed by atoms with Crippen LogP contribution in [-0.4, -0.2) is 11.2 Å². The van der Waals surface area contributed by atoms with Crippen LogP contribution in [-0.2, 0) is 12.0 Å². The van der Waals surface area contributed by atoms with E-state index in [1.54, 1.807) is 6.07 Å². The Hall–Kier alpha value is -2.65. The Morgan fingerprint density at radius 1 is 1.21 bits per heavy atom. The molecule has 0 spiro atoms. The van der Waals surface area contributed by atoms with E-state index in [4.69, 9.17) is 16.6 Å². The first-order valence-electron chi connectivity index (χ1n) is 9.56. The molecule has 0 aliphatic heterocycles. The number of aliphatic imine (C=N–C) groups is 1. The lowest BCUT2D eigenvalue weighted by Crippen LogP contribution is -2.40.